The highest BCUT2D eigenvalue weighted by Crippen LogP contribution is 2.08. The summed E-state index contributed by atoms with van der Waals surface area (Å²) >= 11 is 0. The topological polar surface area (TPSA) is 270 Å². The molecule has 278 valence electrons. The van der Waals surface area contributed by atoms with Crippen LogP contribution in [0.25, 0.3) is 0 Å². The average molecular weight is 687 g/mol. The fourth-order valence-corrected chi connectivity index (χ4v) is 4.69. The summed E-state index contributed by atoms with van der Waals surface area (Å²) in [5, 5.41) is 44.4. The van der Waals surface area contributed by atoms with E-state index in [0.717, 1.165) is 19.4 Å². The minimum absolute atomic E-state index is 0.123. The molecule has 5 amide bonds. The predicted octanol–water partition coefficient (Wildman–Crippen LogP) is -1.95. The molecule has 16 nitrogen and oxygen atoms in total. The summed E-state index contributed by atoms with van der Waals surface area (Å²) in [5.41, 5.74) is 11.2. The molecule has 0 bridgehead atoms. The smallest absolute Gasteiger partial charge is 0.426 e. The number of nitrogens with one attached hydrogen (secondary N) is 6. The van der Waals surface area contributed by atoms with Crippen LogP contribution >= 0.6 is 0 Å². The van der Waals surface area contributed by atoms with Crippen LogP contribution in [0.5, 0.6) is 0 Å². The van der Waals surface area contributed by atoms with Crippen molar-refractivity contribution in [3.8, 4) is 0 Å². The Morgan fingerprint density at radius 3 is 1.83 bits per heavy atom. The normalized spacial score (nSPS) is 14.9. The summed E-state index contributed by atoms with van der Waals surface area (Å²) < 4.78 is 0. The third-order valence-corrected chi connectivity index (χ3v) is 7.84. The van der Waals surface area contributed by atoms with Gasteiger partial charge in [-0.1, -0.05) is 51.9 Å². The van der Waals surface area contributed by atoms with Crippen LogP contribution in [0.2, 0.25) is 0 Å². The summed E-state index contributed by atoms with van der Waals surface area (Å²) in [6, 6.07) is -4.88. The van der Waals surface area contributed by atoms with E-state index in [4.69, 9.17) is 11.5 Å². The van der Waals surface area contributed by atoms with Crippen LogP contribution in [0, 0.1) is 0 Å². The Labute approximate surface area is 286 Å². The number of amides is 5. The number of carbonyl (C=O) groups is 5. The van der Waals surface area contributed by atoms with Crippen molar-refractivity contribution < 1.29 is 39.1 Å². The zero-order valence-electron chi connectivity index (χ0n) is 29.4. The summed E-state index contributed by atoms with van der Waals surface area (Å²) in [6.45, 7) is 7.55. The molecule has 48 heavy (non-hydrogen) atoms. The van der Waals surface area contributed by atoms with Gasteiger partial charge in [-0.05, 0) is 59.5 Å². The predicted molar refractivity (Wildman–Crippen MR) is 185 cm³/mol. The van der Waals surface area contributed by atoms with Crippen LogP contribution in [-0.4, -0.2) is 114 Å². The molecule has 0 fully saturated rings. The zero-order chi connectivity index (χ0) is 36.5. The van der Waals surface area contributed by atoms with Crippen LogP contribution in [0.3, 0.4) is 0 Å². The van der Waals surface area contributed by atoms with Crippen molar-refractivity contribution in [2.24, 2.45) is 11.5 Å². The van der Waals surface area contributed by atoms with E-state index in [1.807, 2.05) is 0 Å². The van der Waals surface area contributed by atoms with Gasteiger partial charge in [-0.15, -0.1) is 0 Å². The van der Waals surface area contributed by atoms with Crippen molar-refractivity contribution in [3.63, 3.8) is 0 Å². The molecule has 0 heterocycles. The van der Waals surface area contributed by atoms with E-state index in [1.54, 1.807) is 0 Å². The Morgan fingerprint density at radius 2 is 1.27 bits per heavy atom. The monoisotopic (exact) mass is 686 g/mol. The van der Waals surface area contributed by atoms with Gasteiger partial charge in [0, 0.05) is 19.5 Å². The first-order chi connectivity index (χ1) is 22.8. The van der Waals surface area contributed by atoms with Crippen LogP contribution in [0.15, 0.2) is 0 Å². The van der Waals surface area contributed by atoms with Gasteiger partial charge in [-0.2, -0.15) is 0 Å². The molecular weight excluding hydrogens is 623 g/mol. The first-order valence-electron chi connectivity index (χ1n) is 17.4. The van der Waals surface area contributed by atoms with Gasteiger partial charge < -0.3 is 58.5 Å². The zero-order valence-corrected chi connectivity index (χ0v) is 29.4. The molecule has 0 rings (SSSR count). The maximum Gasteiger partial charge on any atom is 0.475 e. The van der Waals surface area contributed by atoms with Gasteiger partial charge in [0.05, 0.1) is 12.0 Å². The van der Waals surface area contributed by atoms with Gasteiger partial charge in [-0.3, -0.25) is 24.0 Å². The first kappa shape index (κ1) is 45.2. The molecule has 0 aromatic heterocycles. The number of rotatable bonds is 28. The number of unbranched alkanes of at least 4 members (excludes halogenated alkanes) is 8. The quantitative estimate of drug-likeness (QED) is 0.0318. The van der Waals surface area contributed by atoms with Crippen molar-refractivity contribution in [3.05, 3.63) is 0 Å². The van der Waals surface area contributed by atoms with Crippen LogP contribution in [-0.2, 0) is 24.0 Å². The fraction of sp³-hybridized carbons (Fsp3) is 0.839. The third-order valence-electron chi connectivity index (χ3n) is 7.84. The highest BCUT2D eigenvalue weighted by atomic mass is 16.4. The second-order valence-electron chi connectivity index (χ2n) is 12.3. The number of hydrogen-bond donors (Lipinski definition) is 11. The molecule has 0 radical (unpaired) electrons. The Bertz CT molecular complexity index is 946. The Hall–Kier alpha value is -2.83. The Balaban J connectivity index is 4.91. The molecule has 0 aliphatic heterocycles. The van der Waals surface area contributed by atoms with Crippen molar-refractivity contribution in [1.29, 1.82) is 0 Å². The van der Waals surface area contributed by atoms with Gasteiger partial charge in [0.25, 0.3) is 0 Å². The van der Waals surface area contributed by atoms with Crippen LogP contribution in [0.4, 0.5) is 0 Å². The maximum atomic E-state index is 13.0. The molecule has 0 aromatic rings. The van der Waals surface area contributed by atoms with E-state index in [-0.39, 0.29) is 19.4 Å². The Morgan fingerprint density at radius 1 is 0.667 bits per heavy atom. The van der Waals surface area contributed by atoms with E-state index < -0.39 is 72.9 Å². The number of nitrogens with two attached hydrogens (primary N) is 2. The van der Waals surface area contributed by atoms with Crippen LogP contribution < -0.4 is 43.4 Å². The number of hydrogen-bond acceptors (Lipinski definition) is 11. The van der Waals surface area contributed by atoms with Gasteiger partial charge >= 0.3 is 7.12 Å². The van der Waals surface area contributed by atoms with Crippen molar-refractivity contribution in [2.45, 2.75) is 141 Å². The second-order valence-corrected chi connectivity index (χ2v) is 12.3. The molecule has 6 atom stereocenters. The van der Waals surface area contributed by atoms with Crippen molar-refractivity contribution in [1.82, 2.24) is 31.9 Å². The molecule has 13 N–H and O–H groups in total. The molecule has 0 spiro atoms. The minimum Gasteiger partial charge on any atom is -0.426 e. The molecule has 0 saturated heterocycles. The molecule has 0 saturated carbocycles. The highest BCUT2D eigenvalue weighted by Gasteiger charge is 2.32. The second kappa shape index (κ2) is 27.0. The lowest BCUT2D eigenvalue weighted by atomic mass is 9.81. The first-order valence-corrected chi connectivity index (χ1v) is 17.4. The van der Waals surface area contributed by atoms with Crippen LogP contribution in [0.1, 0.15) is 105 Å². The van der Waals surface area contributed by atoms with E-state index in [1.165, 1.54) is 59.3 Å². The van der Waals surface area contributed by atoms with Gasteiger partial charge in [-0.25, -0.2) is 0 Å². The summed E-state index contributed by atoms with van der Waals surface area (Å²) in [7, 11) is -1.81. The summed E-state index contributed by atoms with van der Waals surface area (Å²) in [5.74, 6) is -4.44. The molecule has 0 aliphatic carbocycles. The van der Waals surface area contributed by atoms with Gasteiger partial charge in [0.15, 0.2) is 0 Å². The number of aliphatic hydroxyl groups excluding tert-OH is 1. The summed E-state index contributed by atoms with van der Waals surface area (Å²) in [6.07, 6.45) is 9.71. The lowest BCUT2D eigenvalue weighted by Crippen LogP contribution is -2.61. The van der Waals surface area contributed by atoms with Crippen molar-refractivity contribution in [2.75, 3.05) is 26.2 Å². The SMILES string of the molecule is CCCCCCCCCCNCCC(=O)N[C@@H](CN)C(=O)N[C@H](C(=O)N[C@@H](C)C(=O)N[C@@H](CCCCN)C(=O)N[C@@H](C)B(O)O)[C@@H](C)O. The highest BCUT2D eigenvalue weighted by molar-refractivity contribution is 6.43. The standard InChI is InChI=1S/C31H63BN8O8/c1-5-6-7-8-9-10-11-14-18-35-19-16-26(42)38-25(20-34)30(45)40-27(22(3)41)31(46)36-21(2)28(43)39-24(15-12-13-17-33)29(44)37-23(4)32(47)48/h21-25,27,35,41,47-48H,5-20,33-34H2,1-4H3,(H,36,46)(H,37,44)(H,38,42)(H,39,43)(H,40,45)/t21-,22+,23-,24-,25-,27-/m0/s1. The lowest BCUT2D eigenvalue weighted by Gasteiger charge is -2.26. The third kappa shape index (κ3) is 20.5. The van der Waals surface area contributed by atoms with E-state index >= 15 is 0 Å². The van der Waals surface area contributed by atoms with E-state index in [2.05, 4.69) is 38.8 Å². The number of carbonyl (C=O) groups excluding carboxylic acids is 5. The Kier molecular flexibility index (Phi) is 25.5. The van der Waals surface area contributed by atoms with E-state index in [0.29, 0.717) is 25.9 Å². The molecule has 0 aliphatic rings. The minimum atomic E-state index is -1.81. The summed E-state index contributed by atoms with van der Waals surface area (Å²) in [4.78, 5) is 63.9. The molecule has 17 heteroatoms. The van der Waals surface area contributed by atoms with Gasteiger partial charge in [0.1, 0.15) is 24.2 Å². The molecule has 0 aromatic carbocycles. The molecule has 0 unspecified atom stereocenters. The lowest BCUT2D eigenvalue weighted by molar-refractivity contribution is -0.136. The average Bonchev–Trinajstić information content (AvgIpc) is 3.03. The van der Waals surface area contributed by atoms with Crippen molar-refractivity contribution >= 4 is 36.7 Å². The maximum absolute atomic E-state index is 13.0. The van der Waals surface area contributed by atoms with Gasteiger partial charge in [0.2, 0.25) is 29.5 Å². The number of aliphatic hydroxyl groups is 1. The largest absolute Gasteiger partial charge is 0.475 e. The van der Waals surface area contributed by atoms with E-state index in [9.17, 15) is 39.1 Å². The fourth-order valence-electron chi connectivity index (χ4n) is 4.69. The molecular formula is C31H63BN8O8.